The van der Waals surface area contributed by atoms with Crippen LogP contribution in [-0.4, -0.2) is 17.8 Å². The van der Waals surface area contributed by atoms with E-state index in [1.807, 2.05) is 12.2 Å². The van der Waals surface area contributed by atoms with Gasteiger partial charge in [0, 0.05) is 5.02 Å². The van der Waals surface area contributed by atoms with Crippen molar-refractivity contribution in [3.8, 4) is 0 Å². The van der Waals surface area contributed by atoms with Crippen LogP contribution in [0.1, 0.15) is 28.8 Å². The Morgan fingerprint density at radius 2 is 1.64 bits per heavy atom. The summed E-state index contributed by atoms with van der Waals surface area (Å²) in [5.74, 6) is -1.54. The number of hydrogen-bond donors (Lipinski definition) is 0. The summed E-state index contributed by atoms with van der Waals surface area (Å²) >= 11 is 5.85. The Morgan fingerprint density at radius 1 is 1.00 bits per heavy atom. The van der Waals surface area contributed by atoms with Crippen LogP contribution in [0, 0.1) is 11.8 Å². The van der Waals surface area contributed by atoms with E-state index in [1.54, 1.807) is 42.5 Å². The van der Waals surface area contributed by atoms with Crippen LogP contribution in [0.3, 0.4) is 0 Å². The van der Waals surface area contributed by atoms with Gasteiger partial charge in [-0.1, -0.05) is 42.0 Å². The van der Waals surface area contributed by atoms with Crippen molar-refractivity contribution in [2.75, 3.05) is 4.90 Å². The van der Waals surface area contributed by atoms with Crippen LogP contribution in [0.25, 0.3) is 0 Å². The highest BCUT2D eigenvalue weighted by Gasteiger charge is 2.47. The highest BCUT2D eigenvalue weighted by atomic mass is 35.5. The van der Waals surface area contributed by atoms with E-state index in [0.717, 1.165) is 5.56 Å². The molecule has 0 bridgehead atoms. The molecule has 2 aromatic carbocycles. The lowest BCUT2D eigenvalue weighted by Crippen LogP contribution is -2.31. The molecule has 0 radical (unpaired) electrons. The van der Waals surface area contributed by atoms with Crippen molar-refractivity contribution < 1.29 is 19.1 Å². The van der Waals surface area contributed by atoms with Crippen molar-refractivity contribution in [2.45, 2.75) is 19.4 Å². The van der Waals surface area contributed by atoms with Crippen molar-refractivity contribution >= 4 is 35.1 Å². The third-order valence-corrected chi connectivity index (χ3v) is 5.38. The molecular formula is C22H18ClNO4. The average molecular weight is 396 g/mol. The van der Waals surface area contributed by atoms with E-state index < -0.39 is 5.97 Å². The fraction of sp³-hybridized carbons (Fsp3) is 0.227. The highest BCUT2D eigenvalue weighted by Crippen LogP contribution is 2.37. The Bertz CT molecular complexity index is 941. The minimum Gasteiger partial charge on any atom is -0.457 e. The molecule has 0 spiro atoms. The first-order chi connectivity index (χ1) is 13.5. The molecule has 1 fully saturated rings. The van der Waals surface area contributed by atoms with E-state index in [0.29, 0.717) is 29.1 Å². The van der Waals surface area contributed by atoms with E-state index in [4.69, 9.17) is 16.3 Å². The molecular weight excluding hydrogens is 378 g/mol. The van der Waals surface area contributed by atoms with Crippen molar-refractivity contribution in [1.29, 1.82) is 0 Å². The van der Waals surface area contributed by atoms with Gasteiger partial charge in [0.15, 0.2) is 0 Å². The Hall–Kier alpha value is -2.92. The van der Waals surface area contributed by atoms with Crippen LogP contribution in [-0.2, 0) is 20.9 Å². The third kappa shape index (κ3) is 3.45. The fourth-order valence-electron chi connectivity index (χ4n) is 3.64. The molecule has 28 heavy (non-hydrogen) atoms. The number of allylic oxidation sites excluding steroid dienone is 2. The molecule has 1 aliphatic heterocycles. The first kappa shape index (κ1) is 18.4. The van der Waals surface area contributed by atoms with Crippen molar-refractivity contribution in [3.05, 3.63) is 76.8 Å². The molecule has 6 heteroatoms. The Kier molecular flexibility index (Phi) is 5.01. The number of anilines is 1. The van der Waals surface area contributed by atoms with Crippen molar-refractivity contribution in [2.24, 2.45) is 11.8 Å². The molecule has 0 aromatic heterocycles. The summed E-state index contributed by atoms with van der Waals surface area (Å²) in [6, 6.07) is 13.5. The second-order valence-electron chi connectivity index (χ2n) is 6.92. The van der Waals surface area contributed by atoms with Gasteiger partial charge in [0.1, 0.15) is 6.61 Å². The van der Waals surface area contributed by atoms with Crippen LogP contribution in [0.15, 0.2) is 60.7 Å². The van der Waals surface area contributed by atoms with Gasteiger partial charge in [-0.05, 0) is 48.7 Å². The minimum atomic E-state index is -0.519. The Labute approximate surface area is 167 Å². The summed E-state index contributed by atoms with van der Waals surface area (Å²) in [7, 11) is 0. The van der Waals surface area contributed by atoms with Gasteiger partial charge in [0.2, 0.25) is 11.8 Å². The largest absolute Gasteiger partial charge is 0.457 e. The number of nitrogens with zero attached hydrogens (tertiary/aromatic N) is 1. The number of amides is 2. The van der Waals surface area contributed by atoms with E-state index in [2.05, 4.69) is 0 Å². The van der Waals surface area contributed by atoms with Gasteiger partial charge in [-0.15, -0.1) is 0 Å². The van der Waals surface area contributed by atoms with E-state index in [1.165, 1.54) is 11.0 Å². The predicted octanol–water partition coefficient (Wildman–Crippen LogP) is 4.15. The number of benzene rings is 2. The zero-order chi connectivity index (χ0) is 19.7. The zero-order valence-corrected chi connectivity index (χ0v) is 15.8. The molecule has 0 saturated carbocycles. The minimum absolute atomic E-state index is 0.109. The smallest absolute Gasteiger partial charge is 0.338 e. The Balaban J connectivity index is 1.50. The van der Waals surface area contributed by atoms with Crippen LogP contribution in [0.4, 0.5) is 5.69 Å². The maximum Gasteiger partial charge on any atom is 0.338 e. The number of esters is 1. The van der Waals surface area contributed by atoms with Crippen LogP contribution >= 0.6 is 11.6 Å². The number of fused-ring (bicyclic) bond motifs is 1. The maximum absolute atomic E-state index is 12.7. The lowest BCUT2D eigenvalue weighted by atomic mass is 9.85. The van der Waals surface area contributed by atoms with Gasteiger partial charge in [0.05, 0.1) is 23.1 Å². The lowest BCUT2D eigenvalue weighted by Gasteiger charge is -2.15. The number of rotatable bonds is 4. The van der Waals surface area contributed by atoms with Crippen molar-refractivity contribution in [3.63, 3.8) is 0 Å². The second-order valence-corrected chi connectivity index (χ2v) is 7.36. The van der Waals surface area contributed by atoms with Crippen LogP contribution in [0.5, 0.6) is 0 Å². The topological polar surface area (TPSA) is 63.7 Å². The molecule has 1 saturated heterocycles. The van der Waals surface area contributed by atoms with E-state index >= 15 is 0 Å². The summed E-state index contributed by atoms with van der Waals surface area (Å²) in [5, 5.41) is 0.610. The maximum atomic E-state index is 12.7. The molecule has 1 aliphatic carbocycles. The van der Waals surface area contributed by atoms with Gasteiger partial charge in [-0.2, -0.15) is 0 Å². The lowest BCUT2D eigenvalue weighted by molar-refractivity contribution is -0.122. The van der Waals surface area contributed by atoms with Gasteiger partial charge < -0.3 is 4.74 Å². The zero-order valence-electron chi connectivity index (χ0n) is 15.0. The molecule has 1 heterocycles. The van der Waals surface area contributed by atoms with E-state index in [9.17, 15) is 14.4 Å². The normalized spacial score (nSPS) is 21.0. The SMILES string of the molecule is O=C(OCc1ccc(Cl)cc1)c1cccc(N2C(=O)C3CC=CCC3C2=O)c1. The van der Waals surface area contributed by atoms with E-state index in [-0.39, 0.29) is 30.3 Å². The number of imide groups is 1. The van der Waals surface area contributed by atoms with Crippen molar-refractivity contribution in [1.82, 2.24) is 0 Å². The standard InChI is InChI=1S/C22H18ClNO4/c23-16-10-8-14(9-11-16)13-28-22(27)15-4-3-5-17(12-15)24-20(25)18-6-1-2-7-19(18)21(24)26/h1-5,8-12,18-19H,6-7,13H2. The van der Waals surface area contributed by atoms with Crippen LogP contribution < -0.4 is 4.90 Å². The molecule has 5 nitrogen and oxygen atoms in total. The number of hydrogen-bond acceptors (Lipinski definition) is 4. The molecule has 0 N–H and O–H groups in total. The molecule has 2 aromatic rings. The molecule has 142 valence electrons. The van der Waals surface area contributed by atoms with Gasteiger partial charge in [0.25, 0.3) is 0 Å². The first-order valence-electron chi connectivity index (χ1n) is 9.09. The van der Waals surface area contributed by atoms with Gasteiger partial charge >= 0.3 is 5.97 Å². The van der Waals surface area contributed by atoms with Gasteiger partial charge in [-0.25, -0.2) is 4.79 Å². The van der Waals surface area contributed by atoms with Crippen LogP contribution in [0.2, 0.25) is 5.02 Å². The third-order valence-electron chi connectivity index (χ3n) is 5.13. The number of ether oxygens (including phenoxy) is 1. The second kappa shape index (κ2) is 7.60. The predicted molar refractivity (Wildman–Crippen MR) is 105 cm³/mol. The molecule has 2 unspecified atom stereocenters. The quantitative estimate of drug-likeness (QED) is 0.443. The highest BCUT2D eigenvalue weighted by molar-refractivity contribution is 6.30. The summed E-state index contributed by atoms with van der Waals surface area (Å²) in [5.41, 5.74) is 1.51. The first-order valence-corrected chi connectivity index (χ1v) is 9.47. The number of halogens is 1. The fourth-order valence-corrected chi connectivity index (χ4v) is 3.77. The molecule has 2 amide bonds. The summed E-state index contributed by atoms with van der Waals surface area (Å²) < 4.78 is 5.34. The summed E-state index contributed by atoms with van der Waals surface area (Å²) in [6.45, 7) is 0.109. The molecule has 4 rings (SSSR count). The average Bonchev–Trinajstić information content (AvgIpc) is 2.98. The summed E-state index contributed by atoms with van der Waals surface area (Å²) in [6.07, 6.45) is 5.05. The summed E-state index contributed by atoms with van der Waals surface area (Å²) in [4.78, 5) is 39.1. The number of carbonyl (C=O) groups is 3. The molecule has 2 atom stereocenters. The van der Waals surface area contributed by atoms with Gasteiger partial charge in [-0.3, -0.25) is 14.5 Å². The number of carbonyl (C=O) groups excluding carboxylic acids is 3. The molecule has 2 aliphatic rings. The Morgan fingerprint density at radius 3 is 2.29 bits per heavy atom. The monoisotopic (exact) mass is 395 g/mol.